The van der Waals surface area contributed by atoms with Crippen molar-refractivity contribution in [2.45, 2.75) is 6.92 Å². The van der Waals surface area contributed by atoms with E-state index in [1.165, 1.54) is 11.3 Å². The van der Waals surface area contributed by atoms with Crippen LogP contribution in [0.25, 0.3) is 32.5 Å². The number of aromatic amines is 1. The number of aryl methyl sites for hydroxylation is 1. The third kappa shape index (κ3) is 4.08. The van der Waals surface area contributed by atoms with Gasteiger partial charge in [0.15, 0.2) is 5.82 Å². The average Bonchev–Trinajstić information content (AvgIpc) is 3.10. The lowest BCUT2D eigenvalue weighted by Crippen LogP contribution is -2.10. The molecule has 4 nitrogen and oxygen atoms in total. The number of aromatic nitrogens is 2. The predicted octanol–water partition coefficient (Wildman–Crippen LogP) is 6.26. The van der Waals surface area contributed by atoms with Gasteiger partial charge in [0.1, 0.15) is 17.2 Å². The van der Waals surface area contributed by atoms with Crippen LogP contribution in [-0.4, -0.2) is 16.6 Å². The minimum atomic E-state index is -0.196. The Morgan fingerprint density at radius 3 is 2.63 bits per heavy atom. The molecule has 4 rings (SSSR count). The Labute approximate surface area is 183 Å². The van der Waals surface area contributed by atoms with Crippen LogP contribution in [-0.2, 0) is 0 Å². The van der Waals surface area contributed by atoms with Gasteiger partial charge in [-0.1, -0.05) is 66.7 Å². The summed E-state index contributed by atoms with van der Waals surface area (Å²) in [7, 11) is 0. The third-order valence-electron chi connectivity index (χ3n) is 4.57. The van der Waals surface area contributed by atoms with Gasteiger partial charge in [0.05, 0.1) is 10.4 Å². The summed E-state index contributed by atoms with van der Waals surface area (Å²) in [6.45, 7) is 6.08. The molecule has 0 aliphatic heterocycles. The minimum Gasteiger partial charge on any atom is -0.490 e. The zero-order valence-electron chi connectivity index (χ0n) is 16.3. The number of benzene rings is 2. The van der Waals surface area contributed by atoms with Gasteiger partial charge in [-0.15, -0.1) is 11.3 Å². The summed E-state index contributed by atoms with van der Waals surface area (Å²) in [6, 6.07) is 17.4. The summed E-state index contributed by atoms with van der Waals surface area (Å²) in [5, 5.41) is 0.960. The molecule has 2 heterocycles. The number of hydrogen-bond acceptors (Lipinski definition) is 4. The predicted molar refractivity (Wildman–Crippen MR) is 126 cm³/mol. The van der Waals surface area contributed by atoms with Crippen LogP contribution in [0.5, 0.6) is 5.75 Å². The van der Waals surface area contributed by atoms with E-state index in [2.05, 4.69) is 16.5 Å². The van der Waals surface area contributed by atoms with Gasteiger partial charge >= 0.3 is 0 Å². The molecule has 0 spiro atoms. The normalized spacial score (nSPS) is 11.6. The van der Waals surface area contributed by atoms with Crippen molar-refractivity contribution in [3.05, 3.63) is 93.9 Å². The summed E-state index contributed by atoms with van der Waals surface area (Å²) in [5.41, 5.74) is 2.60. The van der Waals surface area contributed by atoms with Crippen LogP contribution in [0.2, 0.25) is 0 Å². The molecular formula is C24H19ClN2O2S. The molecule has 2 aromatic heterocycles. The molecule has 0 atom stereocenters. The number of thiophene rings is 1. The highest BCUT2D eigenvalue weighted by Gasteiger charge is 2.17. The van der Waals surface area contributed by atoms with E-state index in [0.717, 1.165) is 27.3 Å². The molecule has 0 saturated heterocycles. The smallest absolute Gasteiger partial charge is 0.260 e. The molecule has 2 aromatic carbocycles. The molecule has 6 heteroatoms. The van der Waals surface area contributed by atoms with Crippen molar-refractivity contribution in [1.29, 1.82) is 0 Å². The van der Waals surface area contributed by atoms with E-state index in [4.69, 9.17) is 16.3 Å². The highest BCUT2D eigenvalue weighted by Crippen LogP contribution is 2.36. The Kier molecular flexibility index (Phi) is 5.84. The second-order valence-corrected chi connectivity index (χ2v) is 8.27. The van der Waals surface area contributed by atoms with Crippen molar-refractivity contribution in [3.8, 4) is 16.9 Å². The number of ether oxygens (including phenoxy) is 1. The van der Waals surface area contributed by atoms with E-state index in [1.54, 1.807) is 12.2 Å². The number of nitrogens with one attached hydrogen (secondary N) is 1. The highest BCUT2D eigenvalue weighted by atomic mass is 35.5. The van der Waals surface area contributed by atoms with Gasteiger partial charge in [-0.05, 0) is 36.3 Å². The fourth-order valence-electron chi connectivity index (χ4n) is 3.21. The largest absolute Gasteiger partial charge is 0.490 e. The zero-order chi connectivity index (χ0) is 21.1. The highest BCUT2D eigenvalue weighted by molar-refractivity contribution is 7.19. The second-order valence-electron chi connectivity index (χ2n) is 6.65. The summed E-state index contributed by atoms with van der Waals surface area (Å²) in [5.74, 6) is 1.10. The van der Waals surface area contributed by atoms with Gasteiger partial charge in [-0.2, -0.15) is 0 Å². The van der Waals surface area contributed by atoms with Crippen LogP contribution < -0.4 is 10.3 Å². The zero-order valence-corrected chi connectivity index (χ0v) is 17.9. The van der Waals surface area contributed by atoms with Crippen LogP contribution in [0.1, 0.15) is 16.3 Å². The van der Waals surface area contributed by atoms with E-state index >= 15 is 0 Å². The van der Waals surface area contributed by atoms with Crippen LogP contribution in [0.15, 0.2) is 72.0 Å². The number of fused-ring (bicyclic) bond motifs is 1. The summed E-state index contributed by atoms with van der Waals surface area (Å²) in [4.78, 5) is 22.1. The number of halogens is 1. The van der Waals surface area contributed by atoms with Crippen molar-refractivity contribution in [1.82, 2.24) is 9.97 Å². The molecule has 4 aromatic rings. The first-order chi connectivity index (χ1) is 14.6. The summed E-state index contributed by atoms with van der Waals surface area (Å²) >= 11 is 7.98. The Balaban J connectivity index is 1.71. The first-order valence-electron chi connectivity index (χ1n) is 9.37. The summed E-state index contributed by atoms with van der Waals surface area (Å²) < 4.78 is 5.48. The van der Waals surface area contributed by atoms with Gasteiger partial charge in [0, 0.05) is 10.4 Å². The number of rotatable bonds is 6. The Hall–Kier alpha value is -3.15. The molecule has 0 saturated carbocycles. The first-order valence-corrected chi connectivity index (χ1v) is 10.6. The SMILES string of the molecule is C=CCOc1ccc(/C=C(\Cl)c2nc3sc(C)c(-c4ccccc4)c3c(=O)[nH]2)cc1. The Morgan fingerprint density at radius 1 is 1.20 bits per heavy atom. The van der Waals surface area contributed by atoms with E-state index in [9.17, 15) is 4.79 Å². The molecule has 0 amide bonds. The molecule has 0 bridgehead atoms. The molecular weight excluding hydrogens is 416 g/mol. The van der Waals surface area contributed by atoms with Gasteiger partial charge in [0.25, 0.3) is 5.56 Å². The Morgan fingerprint density at radius 2 is 1.93 bits per heavy atom. The van der Waals surface area contributed by atoms with Gasteiger partial charge in [0.2, 0.25) is 0 Å². The lowest BCUT2D eigenvalue weighted by atomic mass is 10.0. The molecule has 0 aliphatic rings. The standard InChI is InChI=1S/C24H19ClN2O2S/c1-3-13-29-18-11-9-16(10-12-18)14-19(25)22-26-23(28)21-20(15(2)30-24(21)27-22)17-7-5-4-6-8-17/h3-12,14H,1,13H2,2H3,(H,26,27,28)/b19-14-. The monoisotopic (exact) mass is 434 g/mol. The van der Waals surface area contributed by atoms with E-state index in [-0.39, 0.29) is 5.56 Å². The van der Waals surface area contributed by atoms with Crippen LogP contribution in [0, 0.1) is 6.92 Å². The maximum atomic E-state index is 12.9. The van der Waals surface area contributed by atoms with Crippen molar-refractivity contribution >= 4 is 44.3 Å². The van der Waals surface area contributed by atoms with Crippen LogP contribution in [0.3, 0.4) is 0 Å². The topological polar surface area (TPSA) is 55.0 Å². The summed E-state index contributed by atoms with van der Waals surface area (Å²) in [6.07, 6.45) is 3.46. The lowest BCUT2D eigenvalue weighted by Gasteiger charge is -2.04. The van der Waals surface area contributed by atoms with Gasteiger partial charge < -0.3 is 9.72 Å². The number of H-pyrrole nitrogens is 1. The van der Waals surface area contributed by atoms with Crippen molar-refractivity contribution in [2.75, 3.05) is 6.61 Å². The van der Waals surface area contributed by atoms with E-state index < -0.39 is 0 Å². The number of hydrogen-bond donors (Lipinski definition) is 1. The molecule has 30 heavy (non-hydrogen) atoms. The molecule has 0 fully saturated rings. The van der Waals surface area contributed by atoms with E-state index in [1.807, 2.05) is 61.5 Å². The van der Waals surface area contributed by atoms with Crippen molar-refractivity contribution in [3.63, 3.8) is 0 Å². The molecule has 0 radical (unpaired) electrons. The molecule has 0 unspecified atom stereocenters. The van der Waals surface area contributed by atoms with Crippen LogP contribution in [0.4, 0.5) is 0 Å². The van der Waals surface area contributed by atoms with E-state index in [0.29, 0.717) is 27.7 Å². The third-order valence-corrected chi connectivity index (χ3v) is 5.86. The number of nitrogens with zero attached hydrogens (tertiary/aromatic N) is 1. The lowest BCUT2D eigenvalue weighted by molar-refractivity contribution is 0.363. The van der Waals surface area contributed by atoms with Crippen molar-refractivity contribution in [2.24, 2.45) is 0 Å². The average molecular weight is 435 g/mol. The van der Waals surface area contributed by atoms with Gasteiger partial charge in [-0.3, -0.25) is 4.79 Å². The molecule has 0 aliphatic carbocycles. The van der Waals surface area contributed by atoms with Gasteiger partial charge in [-0.25, -0.2) is 4.98 Å². The minimum absolute atomic E-state index is 0.196. The molecule has 1 N–H and O–H groups in total. The van der Waals surface area contributed by atoms with Crippen LogP contribution >= 0.6 is 22.9 Å². The first kappa shape index (κ1) is 20.1. The quantitative estimate of drug-likeness (QED) is 0.364. The maximum Gasteiger partial charge on any atom is 0.260 e. The maximum absolute atomic E-state index is 12.9. The Bertz CT molecular complexity index is 1290. The molecule has 150 valence electrons. The second kappa shape index (κ2) is 8.69. The fourth-order valence-corrected chi connectivity index (χ4v) is 4.48. The van der Waals surface area contributed by atoms with Crippen molar-refractivity contribution < 1.29 is 4.74 Å². The fraction of sp³-hybridized carbons (Fsp3) is 0.0833.